The lowest BCUT2D eigenvalue weighted by Gasteiger charge is -2.16. The first-order chi connectivity index (χ1) is 16.1. The molecule has 5 rings (SSSR count). The molecule has 8 heteroatoms. The van der Waals surface area contributed by atoms with E-state index < -0.39 is 0 Å². The number of carbonyl (C=O) groups excluding carboxylic acids is 1. The van der Waals surface area contributed by atoms with Gasteiger partial charge in [-0.15, -0.1) is 5.10 Å². The maximum atomic E-state index is 13.2. The number of nitrogens with one attached hydrogen (secondary N) is 1. The molecule has 1 unspecified atom stereocenters. The summed E-state index contributed by atoms with van der Waals surface area (Å²) in [5, 5.41) is 7.89. The molecular formula is C25H24N6O2. The number of pyridine rings is 1. The van der Waals surface area contributed by atoms with Crippen LogP contribution in [0.2, 0.25) is 0 Å². The Labute approximate surface area is 191 Å². The van der Waals surface area contributed by atoms with Crippen LogP contribution in [0.25, 0.3) is 22.8 Å². The van der Waals surface area contributed by atoms with Gasteiger partial charge < -0.3 is 5.32 Å². The van der Waals surface area contributed by atoms with Crippen molar-refractivity contribution >= 4 is 11.6 Å². The third-order valence-corrected chi connectivity index (χ3v) is 5.92. The van der Waals surface area contributed by atoms with E-state index >= 15 is 0 Å². The summed E-state index contributed by atoms with van der Waals surface area (Å²) in [7, 11) is 0. The van der Waals surface area contributed by atoms with E-state index in [0.29, 0.717) is 17.2 Å². The van der Waals surface area contributed by atoms with E-state index in [-0.39, 0.29) is 17.4 Å². The lowest BCUT2D eigenvalue weighted by atomic mass is 9.99. The first-order valence-electron chi connectivity index (χ1n) is 11.1. The van der Waals surface area contributed by atoms with E-state index in [0.717, 1.165) is 42.6 Å². The van der Waals surface area contributed by atoms with Crippen LogP contribution in [0.1, 0.15) is 31.9 Å². The molecule has 1 atom stereocenters. The third-order valence-electron chi connectivity index (χ3n) is 5.92. The van der Waals surface area contributed by atoms with Crippen molar-refractivity contribution in [3.05, 3.63) is 83.3 Å². The van der Waals surface area contributed by atoms with Crippen LogP contribution in [-0.4, -0.2) is 30.2 Å². The molecule has 2 bridgehead atoms. The van der Waals surface area contributed by atoms with Gasteiger partial charge in [-0.25, -0.2) is 14.2 Å². The molecule has 4 heterocycles. The molecule has 8 nitrogen and oxygen atoms in total. The number of aryl methyl sites for hydroxylation is 1. The van der Waals surface area contributed by atoms with Crippen molar-refractivity contribution in [2.24, 2.45) is 5.92 Å². The van der Waals surface area contributed by atoms with Crippen LogP contribution in [0.4, 0.5) is 5.69 Å². The molecule has 3 aromatic heterocycles. The smallest absolute Gasteiger partial charge is 0.259 e. The van der Waals surface area contributed by atoms with E-state index in [1.807, 2.05) is 49.4 Å². The van der Waals surface area contributed by atoms with Crippen LogP contribution in [-0.2, 0) is 11.2 Å². The molecule has 1 aromatic carbocycles. The fourth-order valence-corrected chi connectivity index (χ4v) is 4.12. The summed E-state index contributed by atoms with van der Waals surface area (Å²) >= 11 is 0. The highest BCUT2D eigenvalue weighted by Gasteiger charge is 2.26. The number of anilines is 1. The lowest BCUT2D eigenvalue weighted by molar-refractivity contribution is -0.119. The summed E-state index contributed by atoms with van der Waals surface area (Å²) in [4.78, 5) is 34.5. The Balaban J connectivity index is 1.83. The number of carbonyl (C=O) groups is 1. The van der Waals surface area contributed by atoms with Crippen LogP contribution >= 0.6 is 0 Å². The summed E-state index contributed by atoms with van der Waals surface area (Å²) in [6.45, 7) is 1.93. The van der Waals surface area contributed by atoms with Gasteiger partial charge in [0.05, 0.1) is 5.69 Å². The lowest BCUT2D eigenvalue weighted by Crippen LogP contribution is -2.23. The van der Waals surface area contributed by atoms with Gasteiger partial charge in [0.25, 0.3) is 5.56 Å². The highest BCUT2D eigenvalue weighted by Crippen LogP contribution is 2.36. The monoisotopic (exact) mass is 440 g/mol. The van der Waals surface area contributed by atoms with E-state index in [2.05, 4.69) is 15.3 Å². The van der Waals surface area contributed by atoms with Crippen molar-refractivity contribution in [2.75, 3.05) is 5.32 Å². The van der Waals surface area contributed by atoms with Gasteiger partial charge in [-0.2, -0.15) is 0 Å². The second-order valence-electron chi connectivity index (χ2n) is 8.26. The molecule has 1 N–H and O–H groups in total. The zero-order valence-electron chi connectivity index (χ0n) is 18.3. The second-order valence-corrected chi connectivity index (χ2v) is 8.26. The average Bonchev–Trinajstić information content (AvgIpc) is 3.21. The topological polar surface area (TPSA) is 94.7 Å². The highest BCUT2D eigenvalue weighted by atomic mass is 16.2. The standard InChI is InChI=1S/C25H24N6O2/c1-17-7-5-6-8-19-15-18(11-14-27-19)23-22(28-25(17)33)24(30-16-26-13-12-21(30)32)29-31(23)20-9-3-2-4-10-20/h2-4,9-17H,5-8H2,1H3,(H,28,33). The molecule has 0 radical (unpaired) electrons. The fraction of sp³-hybridized carbons (Fsp3) is 0.240. The van der Waals surface area contributed by atoms with E-state index in [1.54, 1.807) is 10.9 Å². The zero-order chi connectivity index (χ0) is 22.8. The molecule has 166 valence electrons. The summed E-state index contributed by atoms with van der Waals surface area (Å²) in [5.41, 5.74) is 3.54. The van der Waals surface area contributed by atoms with Crippen molar-refractivity contribution in [3.63, 3.8) is 0 Å². The van der Waals surface area contributed by atoms with Crippen LogP contribution < -0.4 is 10.9 Å². The number of amides is 1. The number of benzene rings is 1. The van der Waals surface area contributed by atoms with Gasteiger partial charge in [0.2, 0.25) is 5.91 Å². The molecule has 1 amide bonds. The average molecular weight is 441 g/mol. The Morgan fingerprint density at radius 2 is 1.88 bits per heavy atom. The number of hydrogen-bond acceptors (Lipinski definition) is 5. The summed E-state index contributed by atoms with van der Waals surface area (Å²) in [6, 6.07) is 15.0. The van der Waals surface area contributed by atoms with Crippen molar-refractivity contribution in [2.45, 2.75) is 32.6 Å². The molecule has 0 saturated heterocycles. The Morgan fingerprint density at radius 1 is 1.03 bits per heavy atom. The number of fused-ring (bicyclic) bond motifs is 4. The molecule has 1 aliphatic heterocycles. The summed E-state index contributed by atoms with van der Waals surface area (Å²) in [5.74, 6) is 0.0435. The number of aromatic nitrogens is 5. The highest BCUT2D eigenvalue weighted by molar-refractivity contribution is 5.98. The third kappa shape index (κ3) is 4.07. The summed E-state index contributed by atoms with van der Waals surface area (Å²) < 4.78 is 3.12. The number of rotatable bonds is 2. The van der Waals surface area contributed by atoms with Gasteiger partial charge in [-0.3, -0.25) is 14.6 Å². The second kappa shape index (κ2) is 8.82. The zero-order valence-corrected chi connectivity index (χ0v) is 18.3. The Bertz CT molecular complexity index is 1360. The van der Waals surface area contributed by atoms with Crippen LogP contribution in [0, 0.1) is 5.92 Å². The molecule has 0 fully saturated rings. The van der Waals surface area contributed by atoms with E-state index in [1.165, 1.54) is 23.2 Å². The Morgan fingerprint density at radius 3 is 2.70 bits per heavy atom. The maximum Gasteiger partial charge on any atom is 0.259 e. The van der Waals surface area contributed by atoms with E-state index in [9.17, 15) is 9.59 Å². The molecule has 0 saturated carbocycles. The van der Waals surface area contributed by atoms with Crippen molar-refractivity contribution in [3.8, 4) is 22.8 Å². The molecule has 0 aliphatic carbocycles. The molecule has 33 heavy (non-hydrogen) atoms. The normalized spacial score (nSPS) is 16.3. The van der Waals surface area contributed by atoms with Crippen molar-refractivity contribution < 1.29 is 4.79 Å². The Kier molecular flexibility index (Phi) is 5.56. The molecular weight excluding hydrogens is 416 g/mol. The SMILES string of the molecule is CC1CCCCc2cc(ccn2)-c2c(c(-n3cnccc3=O)nn2-c2ccccc2)NC1=O. The number of para-hydroxylation sites is 1. The maximum absolute atomic E-state index is 13.2. The fourth-order valence-electron chi connectivity index (χ4n) is 4.12. The summed E-state index contributed by atoms with van der Waals surface area (Å²) in [6.07, 6.45) is 8.16. The first kappa shape index (κ1) is 20.8. The van der Waals surface area contributed by atoms with Crippen LogP contribution in [0.3, 0.4) is 0 Å². The van der Waals surface area contributed by atoms with Crippen molar-refractivity contribution in [1.82, 2.24) is 24.3 Å². The number of hydrogen-bond donors (Lipinski definition) is 1. The van der Waals surface area contributed by atoms with Crippen LogP contribution in [0.15, 0.2) is 72.0 Å². The minimum absolute atomic E-state index is 0.100. The van der Waals surface area contributed by atoms with Gasteiger partial charge in [-0.1, -0.05) is 31.5 Å². The Hall–Kier alpha value is -4.07. The minimum Gasteiger partial charge on any atom is -0.321 e. The minimum atomic E-state index is -0.283. The molecule has 0 spiro atoms. The van der Waals surface area contributed by atoms with E-state index in [4.69, 9.17) is 5.10 Å². The first-order valence-corrected chi connectivity index (χ1v) is 11.1. The predicted molar refractivity (Wildman–Crippen MR) is 126 cm³/mol. The van der Waals surface area contributed by atoms with Gasteiger partial charge in [0.15, 0.2) is 5.82 Å². The van der Waals surface area contributed by atoms with Gasteiger partial charge in [0, 0.05) is 35.6 Å². The van der Waals surface area contributed by atoms with Gasteiger partial charge in [0.1, 0.15) is 17.7 Å². The number of nitrogens with zero attached hydrogens (tertiary/aromatic N) is 5. The van der Waals surface area contributed by atoms with Gasteiger partial charge >= 0.3 is 0 Å². The largest absolute Gasteiger partial charge is 0.321 e. The molecule has 1 aliphatic rings. The molecule has 4 aromatic rings. The van der Waals surface area contributed by atoms with Crippen LogP contribution in [0.5, 0.6) is 0 Å². The quantitative estimate of drug-likeness (QED) is 0.512. The van der Waals surface area contributed by atoms with Crippen molar-refractivity contribution in [1.29, 1.82) is 0 Å². The van der Waals surface area contributed by atoms with Gasteiger partial charge in [-0.05, 0) is 43.5 Å². The predicted octanol–water partition coefficient (Wildman–Crippen LogP) is 3.78.